The first-order chi connectivity index (χ1) is 11.5. The van der Waals surface area contributed by atoms with E-state index in [1.165, 1.54) is 0 Å². The van der Waals surface area contributed by atoms with Crippen molar-refractivity contribution in [3.8, 4) is 17.1 Å². The van der Waals surface area contributed by atoms with E-state index >= 15 is 0 Å². The summed E-state index contributed by atoms with van der Waals surface area (Å²) in [5.74, 6) is 0.292. The van der Waals surface area contributed by atoms with Crippen LogP contribution in [0.25, 0.3) is 28.0 Å². The van der Waals surface area contributed by atoms with Gasteiger partial charge in [0.05, 0.1) is 11.1 Å². The van der Waals surface area contributed by atoms with E-state index < -0.39 is 11.2 Å². The van der Waals surface area contributed by atoms with Gasteiger partial charge in [0.25, 0.3) is 5.56 Å². The normalized spacial score (nSPS) is 11.2. The molecule has 0 amide bonds. The molecule has 1 N–H and O–H groups in total. The first-order valence-electron chi connectivity index (χ1n) is 7.04. The molecule has 118 valence electrons. The summed E-state index contributed by atoms with van der Waals surface area (Å²) in [6, 6.07) is 14.6. The largest absolute Gasteiger partial charge is 0.349 e. The van der Waals surface area contributed by atoms with Crippen LogP contribution in [0.1, 0.15) is 0 Å². The summed E-state index contributed by atoms with van der Waals surface area (Å²) in [6.45, 7) is 0. The molecule has 2 aliphatic heterocycles. The second kappa shape index (κ2) is 5.58. The molecule has 0 spiro atoms. The highest BCUT2D eigenvalue weighted by Gasteiger charge is 2.18. The molecule has 7 heteroatoms. The van der Waals surface area contributed by atoms with Crippen molar-refractivity contribution in [2.75, 3.05) is 0 Å². The van der Waals surface area contributed by atoms with E-state index in [9.17, 15) is 9.59 Å². The quantitative estimate of drug-likeness (QED) is 0.495. The minimum absolute atomic E-state index is 0.292. The lowest BCUT2D eigenvalue weighted by atomic mass is 10.1. The lowest BCUT2D eigenvalue weighted by molar-refractivity contribution is 0.959. The van der Waals surface area contributed by atoms with E-state index in [0.29, 0.717) is 16.4 Å². The van der Waals surface area contributed by atoms with Crippen molar-refractivity contribution in [2.24, 2.45) is 0 Å². The van der Waals surface area contributed by atoms with Crippen LogP contribution in [0.4, 0.5) is 0 Å². The Morgan fingerprint density at radius 1 is 1.04 bits per heavy atom. The maximum absolute atomic E-state index is 12.2. The Kier molecular flexibility index (Phi) is 3.51. The van der Waals surface area contributed by atoms with Crippen molar-refractivity contribution < 1.29 is 0 Å². The summed E-state index contributed by atoms with van der Waals surface area (Å²) >= 11 is 9.55. The molecule has 2 aromatic rings. The Labute approximate surface area is 149 Å². The Balaban J connectivity index is 2.25. The van der Waals surface area contributed by atoms with Crippen molar-refractivity contribution in [3.63, 3.8) is 0 Å². The highest BCUT2D eigenvalue weighted by molar-refractivity contribution is 9.10. The van der Waals surface area contributed by atoms with Gasteiger partial charge in [0, 0.05) is 15.2 Å². The number of hydrogen-bond donors (Lipinski definition) is 1. The fourth-order valence-corrected chi connectivity index (χ4v) is 3.14. The lowest BCUT2D eigenvalue weighted by Crippen LogP contribution is -2.27. The van der Waals surface area contributed by atoms with Gasteiger partial charge in [-0.15, -0.1) is 0 Å². The van der Waals surface area contributed by atoms with Crippen LogP contribution >= 0.6 is 27.5 Å². The van der Waals surface area contributed by atoms with Crippen LogP contribution in [0, 0.1) is 0 Å². The van der Waals surface area contributed by atoms with E-state index in [1.807, 2.05) is 30.3 Å². The molecule has 0 fully saturated rings. The van der Waals surface area contributed by atoms with Gasteiger partial charge in [-0.1, -0.05) is 33.6 Å². The number of nitrogens with one attached hydrogen (secondary N) is 1. The monoisotopic (exact) mass is 401 g/mol. The number of halogens is 2. The van der Waals surface area contributed by atoms with E-state index in [2.05, 4.69) is 25.9 Å². The third kappa shape index (κ3) is 2.44. The van der Waals surface area contributed by atoms with Crippen molar-refractivity contribution in [1.82, 2.24) is 14.5 Å². The number of pyridine rings is 1. The number of aromatic nitrogens is 3. The summed E-state index contributed by atoms with van der Waals surface area (Å²) in [5.41, 5.74) is 0.725. The minimum atomic E-state index is -0.681. The molecule has 0 radical (unpaired) electrons. The van der Waals surface area contributed by atoms with Gasteiger partial charge in [-0.2, -0.15) is 4.98 Å². The summed E-state index contributed by atoms with van der Waals surface area (Å²) in [4.78, 5) is 30.2. The van der Waals surface area contributed by atoms with Crippen LogP contribution in [0.2, 0.25) is 5.02 Å². The number of hydrogen-bond acceptors (Lipinski definition) is 3. The SMILES string of the molecule is O=c1nc2n(-c3ccc(Br)cc3)c3cc(Cl)ccc3cc-2c(=O)[nH]1. The maximum atomic E-state index is 12.2. The molecule has 2 aromatic carbocycles. The van der Waals surface area contributed by atoms with E-state index in [0.717, 1.165) is 21.1 Å². The van der Waals surface area contributed by atoms with E-state index in [1.54, 1.807) is 22.8 Å². The zero-order valence-corrected chi connectivity index (χ0v) is 14.4. The Bertz CT molecular complexity index is 1170. The van der Waals surface area contributed by atoms with Crippen LogP contribution in [0.15, 0.2) is 62.6 Å². The van der Waals surface area contributed by atoms with E-state index in [-0.39, 0.29) is 0 Å². The summed E-state index contributed by atoms with van der Waals surface area (Å²) in [6.07, 6.45) is 0. The van der Waals surface area contributed by atoms with Crippen LogP contribution < -0.4 is 11.2 Å². The molecule has 0 saturated heterocycles. The molecule has 0 saturated carbocycles. The number of H-pyrrole nitrogens is 1. The van der Waals surface area contributed by atoms with Gasteiger partial charge in [0.2, 0.25) is 0 Å². The minimum Gasteiger partial charge on any atom is -0.294 e. The van der Waals surface area contributed by atoms with Crippen molar-refractivity contribution in [1.29, 1.82) is 0 Å². The van der Waals surface area contributed by atoms with Crippen LogP contribution in [0.5, 0.6) is 0 Å². The van der Waals surface area contributed by atoms with Crippen LogP contribution in [-0.2, 0) is 0 Å². The number of aromatic amines is 1. The molecule has 4 rings (SSSR count). The van der Waals surface area contributed by atoms with Gasteiger partial charge >= 0.3 is 5.69 Å². The van der Waals surface area contributed by atoms with Gasteiger partial charge in [0.15, 0.2) is 5.82 Å². The predicted molar refractivity (Wildman–Crippen MR) is 97.3 cm³/mol. The summed E-state index contributed by atoms with van der Waals surface area (Å²) < 4.78 is 2.68. The van der Waals surface area contributed by atoms with Crippen molar-refractivity contribution >= 4 is 38.4 Å². The molecule has 2 aliphatic rings. The second-order valence-electron chi connectivity index (χ2n) is 5.27. The average Bonchev–Trinajstić information content (AvgIpc) is 2.54. The number of rotatable bonds is 1. The smallest absolute Gasteiger partial charge is 0.294 e. The van der Waals surface area contributed by atoms with Crippen molar-refractivity contribution in [3.05, 3.63) is 78.9 Å². The van der Waals surface area contributed by atoms with Gasteiger partial charge in [-0.3, -0.25) is 14.3 Å². The molecule has 0 unspecified atom stereocenters. The molecule has 0 aliphatic carbocycles. The fraction of sp³-hybridized carbons (Fsp3) is 0. The van der Waals surface area contributed by atoms with Crippen LogP contribution in [-0.4, -0.2) is 14.5 Å². The number of benzene rings is 2. The van der Waals surface area contributed by atoms with Crippen molar-refractivity contribution in [2.45, 2.75) is 0 Å². The van der Waals surface area contributed by atoms with E-state index in [4.69, 9.17) is 11.6 Å². The molecule has 24 heavy (non-hydrogen) atoms. The zero-order chi connectivity index (χ0) is 16.8. The topological polar surface area (TPSA) is 67.8 Å². The molecule has 0 atom stereocenters. The third-order valence-electron chi connectivity index (χ3n) is 3.74. The zero-order valence-electron chi connectivity index (χ0n) is 12.1. The van der Waals surface area contributed by atoms with Gasteiger partial charge in [0.1, 0.15) is 0 Å². The highest BCUT2D eigenvalue weighted by Crippen LogP contribution is 2.29. The lowest BCUT2D eigenvalue weighted by Gasteiger charge is -2.17. The summed E-state index contributed by atoms with van der Waals surface area (Å²) in [5, 5.41) is 1.38. The van der Waals surface area contributed by atoms with Gasteiger partial charge in [-0.05, 0) is 47.9 Å². The molecular formula is C17H9BrClN3O2. The summed E-state index contributed by atoms with van der Waals surface area (Å²) in [7, 11) is 0. The van der Waals surface area contributed by atoms with Gasteiger partial charge in [-0.25, -0.2) is 4.79 Å². The molecule has 0 bridgehead atoms. The number of nitrogens with zero attached hydrogens (tertiary/aromatic N) is 2. The van der Waals surface area contributed by atoms with Gasteiger partial charge < -0.3 is 0 Å². The molecule has 2 heterocycles. The highest BCUT2D eigenvalue weighted by atomic mass is 79.9. The maximum Gasteiger partial charge on any atom is 0.349 e. The second-order valence-corrected chi connectivity index (χ2v) is 6.62. The number of fused-ring (bicyclic) bond motifs is 2. The third-order valence-corrected chi connectivity index (χ3v) is 4.51. The first kappa shape index (κ1) is 15.1. The average molecular weight is 403 g/mol. The predicted octanol–water partition coefficient (Wildman–Crippen LogP) is 3.59. The fourth-order valence-electron chi connectivity index (χ4n) is 2.70. The Hall–Kier alpha value is -2.44. The van der Waals surface area contributed by atoms with Crippen LogP contribution in [0.3, 0.4) is 0 Å². The standard InChI is InChI=1S/C17H9BrClN3O2/c18-10-2-5-12(6-3-10)22-14-8-11(19)4-1-9(14)7-13-15(22)20-17(24)21-16(13)23/h1-8H,(H,21,23,24). The first-order valence-corrected chi connectivity index (χ1v) is 8.21. The molecule has 0 aromatic heterocycles. The Morgan fingerprint density at radius 2 is 1.79 bits per heavy atom. The molecule has 5 nitrogen and oxygen atoms in total. The molecular weight excluding hydrogens is 394 g/mol. The Morgan fingerprint density at radius 3 is 2.54 bits per heavy atom.